The second kappa shape index (κ2) is 6.96. The summed E-state index contributed by atoms with van der Waals surface area (Å²) >= 11 is 3.44. The summed E-state index contributed by atoms with van der Waals surface area (Å²) in [6.07, 6.45) is 2.43. The van der Waals surface area contributed by atoms with Crippen LogP contribution in [0.25, 0.3) is 11.4 Å². The van der Waals surface area contributed by atoms with E-state index in [2.05, 4.69) is 25.9 Å². The van der Waals surface area contributed by atoms with Crippen molar-refractivity contribution in [2.24, 2.45) is 0 Å². The van der Waals surface area contributed by atoms with Crippen LogP contribution in [0, 0.1) is 5.82 Å². The average molecular weight is 412 g/mol. The van der Waals surface area contributed by atoms with Crippen molar-refractivity contribution in [3.05, 3.63) is 81.8 Å². The van der Waals surface area contributed by atoms with Gasteiger partial charge in [-0.15, -0.1) is 0 Å². The number of benzene rings is 2. The van der Waals surface area contributed by atoms with Gasteiger partial charge in [0.25, 0.3) is 5.91 Å². The van der Waals surface area contributed by atoms with Crippen molar-refractivity contribution in [3.8, 4) is 11.4 Å². The van der Waals surface area contributed by atoms with Gasteiger partial charge in [0.2, 0.25) is 0 Å². The normalized spacial score (nSPS) is 13.4. The molecule has 3 aromatic rings. The van der Waals surface area contributed by atoms with E-state index in [0.29, 0.717) is 30.9 Å². The third-order valence-electron chi connectivity index (χ3n) is 4.43. The van der Waals surface area contributed by atoms with E-state index in [9.17, 15) is 9.18 Å². The highest BCUT2D eigenvalue weighted by molar-refractivity contribution is 9.10. The molecule has 0 unspecified atom stereocenters. The Hall–Kier alpha value is -2.60. The molecule has 0 spiro atoms. The van der Waals surface area contributed by atoms with Crippen molar-refractivity contribution in [2.75, 3.05) is 6.54 Å². The van der Waals surface area contributed by atoms with Crippen molar-refractivity contribution >= 4 is 21.8 Å². The molecule has 1 aromatic heterocycles. The Morgan fingerprint density at radius 3 is 2.65 bits per heavy atom. The van der Waals surface area contributed by atoms with E-state index in [1.807, 2.05) is 29.2 Å². The fraction of sp³-hybridized carbons (Fsp3) is 0.150. The summed E-state index contributed by atoms with van der Waals surface area (Å²) in [5, 5.41) is 0. The minimum atomic E-state index is -0.284. The number of hydrogen-bond acceptors (Lipinski definition) is 3. The lowest BCUT2D eigenvalue weighted by Gasteiger charge is -2.28. The van der Waals surface area contributed by atoms with Gasteiger partial charge in [-0.25, -0.2) is 14.4 Å². The number of carbonyl (C=O) groups excluding carboxylic acids is 1. The molecule has 0 N–H and O–H groups in total. The van der Waals surface area contributed by atoms with Crippen molar-refractivity contribution in [1.29, 1.82) is 0 Å². The first-order valence-corrected chi connectivity index (χ1v) is 9.05. The molecule has 0 saturated carbocycles. The van der Waals surface area contributed by atoms with Crippen LogP contribution in [0.3, 0.4) is 0 Å². The number of halogens is 2. The standard InChI is InChI=1S/C20H15BrFN3O/c21-17-4-2-1-3-16(17)20(26)25-10-9-18-14(12-25)11-23-19(24-18)13-5-7-15(22)8-6-13/h1-8,11H,9-10,12H2. The minimum Gasteiger partial charge on any atom is -0.334 e. The van der Waals surface area contributed by atoms with Crippen LogP contribution in [0.4, 0.5) is 4.39 Å². The Morgan fingerprint density at radius 1 is 1.12 bits per heavy atom. The van der Waals surface area contributed by atoms with Gasteiger partial charge in [-0.1, -0.05) is 12.1 Å². The fourth-order valence-corrected chi connectivity index (χ4v) is 3.49. The van der Waals surface area contributed by atoms with Gasteiger partial charge in [-0.2, -0.15) is 0 Å². The van der Waals surface area contributed by atoms with Crippen LogP contribution in [-0.2, 0) is 13.0 Å². The number of hydrogen-bond donors (Lipinski definition) is 0. The summed E-state index contributed by atoms with van der Waals surface area (Å²) in [4.78, 5) is 23.6. The minimum absolute atomic E-state index is 0.00858. The predicted octanol–water partition coefficient (Wildman–Crippen LogP) is 4.24. The Kier molecular flexibility index (Phi) is 4.51. The summed E-state index contributed by atoms with van der Waals surface area (Å²) in [6, 6.07) is 13.6. The van der Waals surface area contributed by atoms with Crippen LogP contribution in [0.1, 0.15) is 21.6 Å². The van der Waals surface area contributed by atoms with E-state index in [0.717, 1.165) is 21.3 Å². The smallest absolute Gasteiger partial charge is 0.255 e. The molecule has 6 heteroatoms. The molecule has 130 valence electrons. The number of nitrogens with zero attached hydrogens (tertiary/aromatic N) is 3. The maximum absolute atomic E-state index is 13.1. The Bertz CT molecular complexity index is 975. The summed E-state index contributed by atoms with van der Waals surface area (Å²) in [5.74, 6) is 0.285. The van der Waals surface area contributed by atoms with Gasteiger partial charge in [-0.3, -0.25) is 4.79 Å². The van der Waals surface area contributed by atoms with Crippen LogP contribution < -0.4 is 0 Å². The predicted molar refractivity (Wildman–Crippen MR) is 100 cm³/mol. The zero-order valence-corrected chi connectivity index (χ0v) is 15.4. The number of aromatic nitrogens is 2. The van der Waals surface area contributed by atoms with Crippen LogP contribution in [0.5, 0.6) is 0 Å². The number of amides is 1. The summed E-state index contributed by atoms with van der Waals surface area (Å²) in [6.45, 7) is 1.09. The SMILES string of the molecule is O=C(c1ccccc1Br)N1CCc2nc(-c3ccc(F)cc3)ncc2C1. The van der Waals surface area contributed by atoms with E-state index in [1.165, 1.54) is 12.1 Å². The molecule has 2 heterocycles. The van der Waals surface area contributed by atoms with E-state index < -0.39 is 0 Å². The zero-order valence-electron chi connectivity index (χ0n) is 13.8. The molecule has 1 aliphatic heterocycles. The topological polar surface area (TPSA) is 46.1 Å². The summed E-state index contributed by atoms with van der Waals surface area (Å²) in [7, 11) is 0. The molecule has 0 bridgehead atoms. The number of fused-ring (bicyclic) bond motifs is 1. The van der Waals surface area contributed by atoms with Crippen molar-refractivity contribution in [1.82, 2.24) is 14.9 Å². The van der Waals surface area contributed by atoms with Crippen LogP contribution in [0.2, 0.25) is 0 Å². The second-order valence-electron chi connectivity index (χ2n) is 6.13. The third kappa shape index (κ3) is 3.24. The van der Waals surface area contributed by atoms with E-state index in [-0.39, 0.29) is 11.7 Å². The van der Waals surface area contributed by atoms with Gasteiger partial charge < -0.3 is 4.90 Å². The second-order valence-corrected chi connectivity index (χ2v) is 6.98. The Morgan fingerprint density at radius 2 is 1.88 bits per heavy atom. The van der Waals surface area contributed by atoms with Crippen molar-refractivity contribution < 1.29 is 9.18 Å². The third-order valence-corrected chi connectivity index (χ3v) is 5.12. The molecule has 4 nitrogen and oxygen atoms in total. The molecular weight excluding hydrogens is 397 g/mol. The molecule has 1 aliphatic rings. The highest BCUT2D eigenvalue weighted by atomic mass is 79.9. The molecule has 0 aliphatic carbocycles. The molecule has 4 rings (SSSR count). The first-order valence-electron chi connectivity index (χ1n) is 8.26. The first-order chi connectivity index (χ1) is 12.6. The molecule has 0 atom stereocenters. The van der Waals surface area contributed by atoms with Crippen molar-refractivity contribution in [2.45, 2.75) is 13.0 Å². The van der Waals surface area contributed by atoms with Crippen LogP contribution in [0.15, 0.2) is 59.2 Å². The summed E-state index contributed by atoms with van der Waals surface area (Å²) < 4.78 is 13.9. The monoisotopic (exact) mass is 411 g/mol. The Balaban J connectivity index is 1.57. The fourth-order valence-electron chi connectivity index (χ4n) is 3.03. The summed E-state index contributed by atoms with van der Waals surface area (Å²) in [5.41, 5.74) is 3.32. The number of carbonyl (C=O) groups is 1. The zero-order chi connectivity index (χ0) is 18.1. The molecule has 0 radical (unpaired) electrons. The van der Waals surface area contributed by atoms with E-state index in [1.54, 1.807) is 18.3 Å². The molecular formula is C20H15BrFN3O. The van der Waals surface area contributed by atoms with Gasteiger partial charge in [0.1, 0.15) is 5.82 Å². The van der Waals surface area contributed by atoms with E-state index >= 15 is 0 Å². The lowest BCUT2D eigenvalue weighted by molar-refractivity contribution is 0.0732. The highest BCUT2D eigenvalue weighted by Gasteiger charge is 2.24. The van der Waals surface area contributed by atoms with Crippen LogP contribution >= 0.6 is 15.9 Å². The largest absolute Gasteiger partial charge is 0.334 e. The Labute approximate surface area is 158 Å². The maximum atomic E-state index is 13.1. The lowest BCUT2D eigenvalue weighted by atomic mass is 10.1. The quantitative estimate of drug-likeness (QED) is 0.633. The lowest BCUT2D eigenvalue weighted by Crippen LogP contribution is -2.36. The molecule has 26 heavy (non-hydrogen) atoms. The van der Waals surface area contributed by atoms with Gasteiger partial charge in [-0.05, 0) is 52.3 Å². The average Bonchev–Trinajstić information content (AvgIpc) is 2.67. The van der Waals surface area contributed by atoms with E-state index in [4.69, 9.17) is 0 Å². The highest BCUT2D eigenvalue weighted by Crippen LogP contribution is 2.24. The molecule has 2 aromatic carbocycles. The van der Waals surface area contributed by atoms with Gasteiger partial charge in [0.15, 0.2) is 5.82 Å². The van der Waals surface area contributed by atoms with Gasteiger partial charge >= 0.3 is 0 Å². The first kappa shape index (κ1) is 16.8. The molecule has 1 amide bonds. The van der Waals surface area contributed by atoms with Crippen LogP contribution in [-0.4, -0.2) is 27.3 Å². The van der Waals surface area contributed by atoms with Crippen molar-refractivity contribution in [3.63, 3.8) is 0 Å². The number of rotatable bonds is 2. The maximum Gasteiger partial charge on any atom is 0.255 e. The molecule has 0 fully saturated rings. The molecule has 0 saturated heterocycles. The van der Waals surface area contributed by atoms with Gasteiger partial charge in [0, 0.05) is 41.3 Å². The van der Waals surface area contributed by atoms with Gasteiger partial charge in [0.05, 0.1) is 11.3 Å².